The highest BCUT2D eigenvalue weighted by atomic mass is 16.7. The summed E-state index contributed by atoms with van der Waals surface area (Å²) in [5, 5.41) is 19.7. The molecule has 0 aliphatic carbocycles. The summed E-state index contributed by atoms with van der Waals surface area (Å²) in [5.41, 5.74) is 3.04. The number of ether oxygens (including phenoxy) is 3. The molecule has 6 heteroatoms. The van der Waals surface area contributed by atoms with Crippen LogP contribution in [-0.2, 0) is 9.47 Å². The topological polar surface area (TPSA) is 88.2 Å². The first-order valence-corrected chi connectivity index (χ1v) is 9.94. The molecular formula is C25H21N3O3. The van der Waals surface area contributed by atoms with Gasteiger partial charge in [0, 0.05) is 16.7 Å². The lowest BCUT2D eigenvalue weighted by Gasteiger charge is -2.20. The molecule has 1 aromatic heterocycles. The Kier molecular flexibility index (Phi) is 5.68. The van der Waals surface area contributed by atoms with Crippen LogP contribution in [0.4, 0.5) is 0 Å². The van der Waals surface area contributed by atoms with Crippen LogP contribution in [0.5, 0.6) is 5.88 Å². The standard InChI is InChI=1S/C25H21N3O3/c1-25(2)29-16-23(31-25)19-13-21(17-9-5-3-6-10-17)28-24(20(19)14-26)30-22(15-27)18-11-7-4-8-12-18/h3-13,22-23H,16H2,1-2H3. The first-order chi connectivity index (χ1) is 15.0. The smallest absolute Gasteiger partial charge is 0.234 e. The van der Waals surface area contributed by atoms with Crippen molar-refractivity contribution in [3.63, 3.8) is 0 Å². The number of rotatable bonds is 5. The molecule has 2 unspecified atom stereocenters. The van der Waals surface area contributed by atoms with Crippen molar-refractivity contribution >= 4 is 0 Å². The lowest BCUT2D eigenvalue weighted by Crippen LogP contribution is -2.20. The molecule has 0 saturated carbocycles. The number of hydrogen-bond donors (Lipinski definition) is 0. The summed E-state index contributed by atoms with van der Waals surface area (Å²) in [6.45, 7) is 3.97. The number of nitriles is 2. The minimum atomic E-state index is -0.906. The van der Waals surface area contributed by atoms with Crippen molar-refractivity contribution < 1.29 is 14.2 Å². The lowest BCUT2D eigenvalue weighted by atomic mass is 10.0. The van der Waals surface area contributed by atoms with Crippen molar-refractivity contribution in [2.24, 2.45) is 0 Å². The van der Waals surface area contributed by atoms with E-state index in [1.165, 1.54) is 0 Å². The minimum absolute atomic E-state index is 0.0996. The monoisotopic (exact) mass is 411 g/mol. The third-order valence-corrected chi connectivity index (χ3v) is 5.00. The molecule has 0 spiro atoms. The molecule has 2 aromatic carbocycles. The van der Waals surface area contributed by atoms with Gasteiger partial charge in [-0.2, -0.15) is 10.5 Å². The first kappa shape index (κ1) is 20.6. The quantitative estimate of drug-likeness (QED) is 0.581. The predicted octanol–water partition coefficient (Wildman–Crippen LogP) is 5.09. The Bertz CT molecular complexity index is 1150. The normalized spacial score (nSPS) is 18.0. The van der Waals surface area contributed by atoms with E-state index in [9.17, 15) is 10.5 Å². The van der Waals surface area contributed by atoms with Gasteiger partial charge < -0.3 is 14.2 Å². The van der Waals surface area contributed by atoms with Crippen molar-refractivity contribution in [3.8, 4) is 29.3 Å². The molecular weight excluding hydrogens is 390 g/mol. The minimum Gasteiger partial charge on any atom is -0.453 e. The van der Waals surface area contributed by atoms with Crippen LogP contribution in [0.3, 0.4) is 0 Å². The van der Waals surface area contributed by atoms with Gasteiger partial charge in [-0.1, -0.05) is 60.7 Å². The molecule has 1 aliphatic heterocycles. The van der Waals surface area contributed by atoms with Crippen molar-refractivity contribution in [1.29, 1.82) is 10.5 Å². The van der Waals surface area contributed by atoms with E-state index >= 15 is 0 Å². The molecule has 1 fully saturated rings. The third-order valence-electron chi connectivity index (χ3n) is 5.00. The van der Waals surface area contributed by atoms with Gasteiger partial charge in [0.05, 0.1) is 12.3 Å². The zero-order valence-corrected chi connectivity index (χ0v) is 17.3. The van der Waals surface area contributed by atoms with E-state index in [-0.39, 0.29) is 11.4 Å². The van der Waals surface area contributed by atoms with Gasteiger partial charge in [-0.25, -0.2) is 4.98 Å². The Labute approximate surface area is 181 Å². The van der Waals surface area contributed by atoms with E-state index in [0.29, 0.717) is 23.4 Å². The molecule has 3 aromatic rings. The van der Waals surface area contributed by atoms with Gasteiger partial charge in [0.1, 0.15) is 23.8 Å². The van der Waals surface area contributed by atoms with E-state index in [4.69, 9.17) is 14.2 Å². The summed E-state index contributed by atoms with van der Waals surface area (Å²) >= 11 is 0. The van der Waals surface area contributed by atoms with Gasteiger partial charge >= 0.3 is 0 Å². The van der Waals surface area contributed by atoms with Gasteiger partial charge in [0.2, 0.25) is 12.0 Å². The zero-order chi connectivity index (χ0) is 21.8. The summed E-state index contributed by atoms with van der Waals surface area (Å²) in [7, 11) is 0. The Morgan fingerprint density at radius 3 is 2.32 bits per heavy atom. The fourth-order valence-corrected chi connectivity index (χ4v) is 3.50. The van der Waals surface area contributed by atoms with Crippen LogP contribution < -0.4 is 4.74 Å². The summed E-state index contributed by atoms with van der Waals surface area (Å²) in [4.78, 5) is 4.60. The van der Waals surface area contributed by atoms with Gasteiger partial charge in [-0.05, 0) is 19.9 Å². The van der Waals surface area contributed by atoms with E-state index in [2.05, 4.69) is 17.1 Å². The average Bonchev–Trinajstić information content (AvgIpc) is 3.17. The van der Waals surface area contributed by atoms with Crippen molar-refractivity contribution in [1.82, 2.24) is 4.98 Å². The molecule has 2 atom stereocenters. The lowest BCUT2D eigenvalue weighted by molar-refractivity contribution is -0.139. The Balaban J connectivity index is 1.82. The van der Waals surface area contributed by atoms with Gasteiger partial charge in [-0.15, -0.1) is 0 Å². The summed E-state index contributed by atoms with van der Waals surface area (Å²) in [5.74, 6) is -0.657. The third kappa shape index (κ3) is 4.41. The van der Waals surface area contributed by atoms with Crippen LogP contribution in [0, 0.1) is 22.7 Å². The summed E-state index contributed by atoms with van der Waals surface area (Å²) < 4.78 is 17.7. The highest BCUT2D eigenvalue weighted by molar-refractivity contribution is 5.64. The molecule has 2 heterocycles. The van der Waals surface area contributed by atoms with Gasteiger partial charge in [0.25, 0.3) is 0 Å². The SMILES string of the molecule is CC1(C)OCC(c2cc(-c3ccccc3)nc(OC(C#N)c3ccccc3)c2C#N)O1. The van der Waals surface area contributed by atoms with Crippen LogP contribution in [0.15, 0.2) is 66.7 Å². The highest BCUT2D eigenvalue weighted by Crippen LogP contribution is 2.39. The van der Waals surface area contributed by atoms with E-state index in [0.717, 1.165) is 5.56 Å². The van der Waals surface area contributed by atoms with Crippen LogP contribution >= 0.6 is 0 Å². The molecule has 0 bridgehead atoms. The van der Waals surface area contributed by atoms with Crippen LogP contribution in [0.1, 0.15) is 42.7 Å². The average molecular weight is 411 g/mol. The number of benzene rings is 2. The number of aromatic nitrogens is 1. The van der Waals surface area contributed by atoms with E-state index in [1.54, 1.807) is 12.1 Å². The number of pyridine rings is 1. The zero-order valence-electron chi connectivity index (χ0n) is 17.3. The Hall–Kier alpha value is -3.71. The fourth-order valence-electron chi connectivity index (χ4n) is 3.50. The summed E-state index contributed by atoms with van der Waals surface area (Å²) in [6.07, 6.45) is -1.36. The molecule has 6 nitrogen and oxygen atoms in total. The largest absolute Gasteiger partial charge is 0.453 e. The maximum atomic E-state index is 9.96. The number of nitrogens with zero attached hydrogens (tertiary/aromatic N) is 3. The fraction of sp³-hybridized carbons (Fsp3) is 0.240. The van der Waals surface area contributed by atoms with Gasteiger partial charge in [0.15, 0.2) is 5.79 Å². The van der Waals surface area contributed by atoms with E-state index in [1.807, 2.05) is 68.4 Å². The second kappa shape index (κ2) is 8.57. The van der Waals surface area contributed by atoms with Crippen molar-refractivity contribution in [3.05, 3.63) is 83.4 Å². The van der Waals surface area contributed by atoms with Gasteiger partial charge in [-0.3, -0.25) is 0 Å². The Morgan fingerprint density at radius 1 is 1.06 bits per heavy atom. The molecule has 4 rings (SSSR count). The molecule has 0 amide bonds. The molecule has 31 heavy (non-hydrogen) atoms. The Morgan fingerprint density at radius 2 is 1.74 bits per heavy atom. The molecule has 1 aliphatic rings. The van der Waals surface area contributed by atoms with Crippen LogP contribution in [-0.4, -0.2) is 17.4 Å². The second-order valence-electron chi connectivity index (χ2n) is 7.61. The maximum absolute atomic E-state index is 9.96. The van der Waals surface area contributed by atoms with Crippen molar-refractivity contribution in [2.45, 2.75) is 31.8 Å². The van der Waals surface area contributed by atoms with Crippen molar-refractivity contribution in [2.75, 3.05) is 6.61 Å². The second-order valence-corrected chi connectivity index (χ2v) is 7.61. The first-order valence-electron chi connectivity index (χ1n) is 9.94. The van der Waals surface area contributed by atoms with Crippen LogP contribution in [0.25, 0.3) is 11.3 Å². The van der Waals surface area contributed by atoms with E-state index < -0.39 is 18.0 Å². The van der Waals surface area contributed by atoms with Crippen LogP contribution in [0.2, 0.25) is 0 Å². The molecule has 0 radical (unpaired) electrons. The molecule has 1 saturated heterocycles. The maximum Gasteiger partial charge on any atom is 0.234 e. The predicted molar refractivity (Wildman–Crippen MR) is 114 cm³/mol. The summed E-state index contributed by atoms with van der Waals surface area (Å²) in [6, 6.07) is 24.9. The molecule has 0 N–H and O–H groups in total. The number of hydrogen-bond acceptors (Lipinski definition) is 6. The molecule has 154 valence electrons. The highest BCUT2D eigenvalue weighted by Gasteiger charge is 2.36.